The van der Waals surface area contributed by atoms with Crippen LogP contribution in [0.4, 0.5) is 0 Å². The van der Waals surface area contributed by atoms with Crippen LogP contribution in [0.3, 0.4) is 0 Å². The molecule has 1 aromatic heterocycles. The number of carbonyl (C=O) groups excluding carboxylic acids is 1. The van der Waals surface area contributed by atoms with Crippen LogP contribution in [0.2, 0.25) is 0 Å². The first-order chi connectivity index (χ1) is 12.5. The van der Waals surface area contributed by atoms with Gasteiger partial charge in [0, 0.05) is 6.07 Å². The molecule has 3 aromatic rings. The topological polar surface area (TPSA) is 110 Å². The number of methoxy groups -OCH3 is 1. The van der Waals surface area contributed by atoms with Crippen molar-refractivity contribution in [3.63, 3.8) is 0 Å². The second kappa shape index (κ2) is 7.44. The summed E-state index contributed by atoms with van der Waals surface area (Å²) in [6.45, 7) is 1.94. The lowest BCUT2D eigenvalue weighted by molar-refractivity contribution is 0.102. The Kier molecular flexibility index (Phi) is 5.08. The van der Waals surface area contributed by atoms with E-state index in [0.717, 1.165) is 23.4 Å². The summed E-state index contributed by atoms with van der Waals surface area (Å²) < 4.78 is 6.85. The van der Waals surface area contributed by atoms with Crippen LogP contribution in [0.5, 0.6) is 17.2 Å². The van der Waals surface area contributed by atoms with Crippen molar-refractivity contribution in [1.82, 2.24) is 20.2 Å². The van der Waals surface area contributed by atoms with Gasteiger partial charge in [-0.05, 0) is 47.2 Å². The average molecular weight is 372 g/mol. The van der Waals surface area contributed by atoms with Crippen LogP contribution in [0.1, 0.15) is 15.9 Å². The maximum absolute atomic E-state index is 12.3. The van der Waals surface area contributed by atoms with E-state index in [1.807, 2.05) is 25.1 Å². The number of hydrogen-bond acceptors (Lipinski definition) is 8. The highest BCUT2D eigenvalue weighted by Gasteiger charge is 2.17. The molecule has 3 rings (SSSR count). The molecule has 9 heteroatoms. The molecule has 134 valence electrons. The molecule has 0 amide bonds. The summed E-state index contributed by atoms with van der Waals surface area (Å²) in [7, 11) is 1.56. The molecule has 1 heterocycles. The first-order valence-corrected chi connectivity index (χ1v) is 8.59. The Hall–Kier alpha value is -3.07. The fraction of sp³-hybridized carbons (Fsp3) is 0.176. The number of aromatic nitrogens is 4. The Morgan fingerprint density at radius 2 is 2.04 bits per heavy atom. The third-order valence-electron chi connectivity index (χ3n) is 3.62. The van der Waals surface area contributed by atoms with Crippen molar-refractivity contribution >= 4 is 17.5 Å². The number of hydrogen-bond donors (Lipinski definition) is 2. The average Bonchev–Trinajstić information content (AvgIpc) is 3.08. The minimum absolute atomic E-state index is 0.0207. The van der Waals surface area contributed by atoms with E-state index in [1.54, 1.807) is 7.11 Å². The Balaban J connectivity index is 1.82. The molecular formula is C17H16N4O4S. The molecule has 0 aliphatic carbocycles. The SMILES string of the molecule is COc1ccc(C)cc1-n1nnnc1SCC(=O)c1ccc(O)cc1O. The van der Waals surface area contributed by atoms with Crippen molar-refractivity contribution in [2.75, 3.05) is 12.9 Å². The predicted octanol–water partition coefficient (Wildman–Crippen LogP) is 2.37. The van der Waals surface area contributed by atoms with Crippen molar-refractivity contribution in [2.45, 2.75) is 12.1 Å². The summed E-state index contributed by atoms with van der Waals surface area (Å²) in [6.07, 6.45) is 0. The van der Waals surface area contributed by atoms with E-state index in [9.17, 15) is 15.0 Å². The predicted molar refractivity (Wildman–Crippen MR) is 95.3 cm³/mol. The number of aryl methyl sites for hydroxylation is 1. The zero-order valence-electron chi connectivity index (χ0n) is 14.1. The zero-order chi connectivity index (χ0) is 18.7. The second-order valence-electron chi connectivity index (χ2n) is 5.46. The van der Waals surface area contributed by atoms with Gasteiger partial charge in [-0.2, -0.15) is 4.68 Å². The summed E-state index contributed by atoms with van der Waals surface area (Å²) in [5.74, 6) is -0.0597. The normalized spacial score (nSPS) is 10.7. The van der Waals surface area contributed by atoms with Gasteiger partial charge in [0.1, 0.15) is 22.9 Å². The molecule has 0 aliphatic rings. The lowest BCUT2D eigenvalue weighted by Crippen LogP contribution is -2.06. The smallest absolute Gasteiger partial charge is 0.214 e. The lowest BCUT2D eigenvalue weighted by atomic mass is 10.1. The van der Waals surface area contributed by atoms with E-state index in [1.165, 1.54) is 16.8 Å². The molecule has 0 saturated heterocycles. The number of benzene rings is 2. The molecule has 0 spiro atoms. The van der Waals surface area contributed by atoms with Gasteiger partial charge in [-0.25, -0.2) is 0 Å². The second-order valence-corrected chi connectivity index (χ2v) is 6.40. The molecule has 0 aliphatic heterocycles. The molecule has 0 atom stereocenters. The maximum atomic E-state index is 12.3. The number of aromatic hydroxyl groups is 2. The van der Waals surface area contributed by atoms with Gasteiger partial charge in [-0.1, -0.05) is 17.8 Å². The zero-order valence-corrected chi connectivity index (χ0v) is 14.9. The van der Waals surface area contributed by atoms with Gasteiger partial charge in [-0.3, -0.25) is 4.79 Å². The maximum Gasteiger partial charge on any atom is 0.214 e. The van der Waals surface area contributed by atoms with Gasteiger partial charge < -0.3 is 14.9 Å². The highest BCUT2D eigenvalue weighted by Crippen LogP contribution is 2.28. The number of ether oxygens (including phenoxy) is 1. The highest BCUT2D eigenvalue weighted by molar-refractivity contribution is 7.99. The van der Waals surface area contributed by atoms with Crippen LogP contribution in [-0.4, -0.2) is 49.1 Å². The molecular weight excluding hydrogens is 356 g/mol. The van der Waals surface area contributed by atoms with Crippen LogP contribution in [-0.2, 0) is 0 Å². The third-order valence-corrected chi connectivity index (χ3v) is 4.54. The van der Waals surface area contributed by atoms with Crippen molar-refractivity contribution in [3.8, 4) is 22.9 Å². The van der Waals surface area contributed by atoms with E-state index < -0.39 is 0 Å². The summed E-state index contributed by atoms with van der Waals surface area (Å²) in [5.41, 5.74) is 1.81. The molecule has 0 unspecified atom stereocenters. The van der Waals surface area contributed by atoms with Crippen LogP contribution in [0.15, 0.2) is 41.6 Å². The van der Waals surface area contributed by atoms with E-state index >= 15 is 0 Å². The van der Waals surface area contributed by atoms with Gasteiger partial charge in [0.05, 0.1) is 18.4 Å². The number of carbonyl (C=O) groups is 1. The minimum atomic E-state index is -0.307. The van der Waals surface area contributed by atoms with Gasteiger partial charge >= 0.3 is 0 Å². The summed E-state index contributed by atoms with van der Waals surface area (Å²) in [5, 5.41) is 31.1. The first-order valence-electron chi connectivity index (χ1n) is 7.61. The molecule has 0 fully saturated rings. The number of ketones is 1. The number of thioether (sulfide) groups is 1. The monoisotopic (exact) mass is 372 g/mol. The van der Waals surface area contributed by atoms with E-state index in [2.05, 4.69) is 15.5 Å². The number of phenolic OH excluding ortho intramolecular Hbond substituents is 2. The fourth-order valence-corrected chi connectivity index (χ4v) is 3.12. The van der Waals surface area contributed by atoms with Crippen molar-refractivity contribution in [1.29, 1.82) is 0 Å². The largest absolute Gasteiger partial charge is 0.508 e. The summed E-state index contributed by atoms with van der Waals surface area (Å²) in [4.78, 5) is 12.3. The Morgan fingerprint density at radius 1 is 1.23 bits per heavy atom. The highest BCUT2D eigenvalue weighted by atomic mass is 32.2. The van der Waals surface area contributed by atoms with Crippen LogP contribution < -0.4 is 4.74 Å². The number of rotatable bonds is 6. The number of phenols is 2. The van der Waals surface area contributed by atoms with Crippen molar-refractivity contribution < 1.29 is 19.7 Å². The molecule has 2 aromatic carbocycles. The standard InChI is InChI=1S/C17H16N4O4S/c1-10-3-6-16(25-2)13(7-10)21-17(18-19-20-21)26-9-15(24)12-5-4-11(22)8-14(12)23/h3-8,22-23H,9H2,1-2H3. The van der Waals surface area contributed by atoms with E-state index in [-0.39, 0.29) is 28.6 Å². The number of nitrogens with zero attached hydrogens (tertiary/aromatic N) is 4. The summed E-state index contributed by atoms with van der Waals surface area (Å²) >= 11 is 1.14. The van der Waals surface area contributed by atoms with Gasteiger partial charge in [0.2, 0.25) is 5.16 Å². The van der Waals surface area contributed by atoms with Crippen LogP contribution >= 0.6 is 11.8 Å². The summed E-state index contributed by atoms with van der Waals surface area (Å²) in [6, 6.07) is 9.46. The molecule has 0 radical (unpaired) electrons. The Bertz CT molecular complexity index is 958. The van der Waals surface area contributed by atoms with Crippen molar-refractivity contribution in [3.05, 3.63) is 47.5 Å². The minimum Gasteiger partial charge on any atom is -0.508 e. The molecule has 8 nitrogen and oxygen atoms in total. The third kappa shape index (κ3) is 3.62. The van der Waals surface area contributed by atoms with Crippen LogP contribution in [0, 0.1) is 6.92 Å². The fourth-order valence-electron chi connectivity index (χ4n) is 2.35. The molecule has 26 heavy (non-hydrogen) atoms. The van der Waals surface area contributed by atoms with Crippen LogP contribution in [0.25, 0.3) is 5.69 Å². The molecule has 2 N–H and O–H groups in total. The molecule has 0 bridgehead atoms. The lowest BCUT2D eigenvalue weighted by Gasteiger charge is -2.10. The van der Waals surface area contributed by atoms with Gasteiger partial charge in [-0.15, -0.1) is 5.10 Å². The quantitative estimate of drug-likeness (QED) is 0.501. The Labute approximate surface area is 153 Å². The van der Waals surface area contributed by atoms with Gasteiger partial charge in [0.25, 0.3) is 0 Å². The van der Waals surface area contributed by atoms with Crippen molar-refractivity contribution in [2.24, 2.45) is 0 Å². The molecule has 0 saturated carbocycles. The van der Waals surface area contributed by atoms with Gasteiger partial charge in [0.15, 0.2) is 5.78 Å². The number of tetrazole rings is 1. The first kappa shape index (κ1) is 17.7. The van der Waals surface area contributed by atoms with E-state index in [0.29, 0.717) is 16.6 Å². The van der Waals surface area contributed by atoms with E-state index in [4.69, 9.17) is 4.74 Å². The number of Topliss-reactive ketones (excluding diaryl/α,β-unsaturated/α-hetero) is 1. The Morgan fingerprint density at radius 3 is 2.77 bits per heavy atom.